The highest BCUT2D eigenvalue weighted by Crippen LogP contribution is 2.25. The molecular weight excluding hydrogens is 414 g/mol. The SMILES string of the molecule is CCCCCCCCCCCCCCCOC(=O)C1CCCN1C(=O)c1ccccc1OC. The highest BCUT2D eigenvalue weighted by atomic mass is 16.5. The molecule has 1 fully saturated rings. The van der Waals surface area contributed by atoms with E-state index in [1.807, 2.05) is 12.1 Å². The second kappa shape index (κ2) is 16.6. The number of amides is 1. The van der Waals surface area contributed by atoms with Gasteiger partial charge in [0.2, 0.25) is 0 Å². The molecule has 0 spiro atoms. The van der Waals surface area contributed by atoms with Crippen LogP contribution in [0.4, 0.5) is 0 Å². The van der Waals surface area contributed by atoms with E-state index < -0.39 is 6.04 Å². The Bertz CT molecular complexity index is 690. The van der Waals surface area contributed by atoms with Gasteiger partial charge >= 0.3 is 5.97 Å². The minimum absolute atomic E-state index is 0.159. The van der Waals surface area contributed by atoms with Crippen LogP contribution in [0, 0.1) is 0 Å². The number of methoxy groups -OCH3 is 1. The van der Waals surface area contributed by atoms with Gasteiger partial charge in [-0.05, 0) is 31.4 Å². The van der Waals surface area contributed by atoms with Crippen LogP contribution in [0.3, 0.4) is 0 Å². The molecule has 5 nitrogen and oxygen atoms in total. The average Bonchev–Trinajstić information content (AvgIpc) is 3.34. The number of esters is 1. The number of benzene rings is 1. The first-order valence-electron chi connectivity index (χ1n) is 13.3. The first-order chi connectivity index (χ1) is 16.2. The number of carbonyl (C=O) groups is 2. The molecule has 1 atom stereocenters. The summed E-state index contributed by atoms with van der Waals surface area (Å²) in [5.74, 6) is 0.107. The number of rotatable bonds is 17. The lowest BCUT2D eigenvalue weighted by atomic mass is 10.0. The lowest BCUT2D eigenvalue weighted by Gasteiger charge is -2.24. The Balaban J connectivity index is 1.55. The summed E-state index contributed by atoms with van der Waals surface area (Å²) in [5.41, 5.74) is 0.496. The monoisotopic (exact) mass is 459 g/mol. The van der Waals surface area contributed by atoms with Crippen LogP contribution < -0.4 is 4.74 Å². The highest BCUT2D eigenvalue weighted by molar-refractivity contribution is 5.99. The van der Waals surface area contributed by atoms with Crippen LogP contribution in [0.1, 0.15) is 114 Å². The maximum atomic E-state index is 13.0. The number of unbranched alkanes of at least 4 members (excludes halogenated alkanes) is 12. The highest BCUT2D eigenvalue weighted by Gasteiger charge is 2.36. The number of para-hydroxylation sites is 1. The van der Waals surface area contributed by atoms with E-state index in [1.165, 1.54) is 70.6 Å². The van der Waals surface area contributed by atoms with Crippen LogP contribution in [-0.2, 0) is 9.53 Å². The largest absolute Gasteiger partial charge is 0.496 e. The maximum Gasteiger partial charge on any atom is 0.328 e. The van der Waals surface area contributed by atoms with Gasteiger partial charge in [-0.1, -0.05) is 96.1 Å². The van der Waals surface area contributed by atoms with E-state index in [2.05, 4.69) is 6.92 Å². The molecule has 1 aliphatic rings. The molecule has 2 rings (SSSR count). The summed E-state index contributed by atoms with van der Waals surface area (Å²) in [7, 11) is 1.55. The fraction of sp³-hybridized carbons (Fsp3) is 0.714. The van der Waals surface area contributed by atoms with Gasteiger partial charge in [-0.25, -0.2) is 4.79 Å². The second-order valence-corrected chi connectivity index (χ2v) is 9.27. The smallest absolute Gasteiger partial charge is 0.328 e. The van der Waals surface area contributed by atoms with E-state index in [1.54, 1.807) is 24.1 Å². The lowest BCUT2D eigenvalue weighted by molar-refractivity contribution is -0.148. The molecule has 1 heterocycles. The quantitative estimate of drug-likeness (QED) is 0.187. The molecule has 33 heavy (non-hydrogen) atoms. The van der Waals surface area contributed by atoms with Crippen LogP contribution >= 0.6 is 0 Å². The normalized spacial score (nSPS) is 15.6. The summed E-state index contributed by atoms with van der Waals surface area (Å²) < 4.78 is 10.8. The van der Waals surface area contributed by atoms with Gasteiger partial charge in [0.05, 0.1) is 19.3 Å². The number of nitrogens with zero attached hydrogens (tertiary/aromatic N) is 1. The van der Waals surface area contributed by atoms with E-state index in [0.29, 0.717) is 30.9 Å². The third kappa shape index (κ3) is 9.77. The first-order valence-corrected chi connectivity index (χ1v) is 13.3. The van der Waals surface area contributed by atoms with Crippen molar-refractivity contribution in [3.05, 3.63) is 29.8 Å². The Labute approximate surface area is 201 Å². The fourth-order valence-electron chi connectivity index (χ4n) is 4.62. The summed E-state index contributed by atoms with van der Waals surface area (Å²) in [6.45, 7) is 3.29. The minimum Gasteiger partial charge on any atom is -0.496 e. The molecule has 0 N–H and O–H groups in total. The van der Waals surface area contributed by atoms with Gasteiger partial charge < -0.3 is 14.4 Å². The molecule has 1 saturated heterocycles. The summed E-state index contributed by atoms with van der Waals surface area (Å²) in [6, 6.07) is 6.68. The van der Waals surface area contributed by atoms with Crippen LogP contribution in [0.2, 0.25) is 0 Å². The molecule has 0 bridgehead atoms. The van der Waals surface area contributed by atoms with Crippen molar-refractivity contribution in [1.82, 2.24) is 4.90 Å². The van der Waals surface area contributed by atoms with E-state index >= 15 is 0 Å². The Morgan fingerprint density at radius 2 is 1.45 bits per heavy atom. The fourth-order valence-corrected chi connectivity index (χ4v) is 4.62. The Morgan fingerprint density at radius 3 is 2.06 bits per heavy atom. The Hall–Kier alpha value is -2.04. The number of carbonyl (C=O) groups excluding carboxylic acids is 2. The van der Waals surface area contributed by atoms with Crippen molar-refractivity contribution in [2.24, 2.45) is 0 Å². The molecule has 0 aromatic heterocycles. The number of ether oxygens (including phenoxy) is 2. The van der Waals surface area contributed by atoms with Gasteiger partial charge in [-0.15, -0.1) is 0 Å². The molecule has 0 aliphatic carbocycles. The maximum absolute atomic E-state index is 13.0. The van der Waals surface area contributed by atoms with E-state index in [4.69, 9.17) is 9.47 Å². The first kappa shape index (κ1) is 27.2. The standard InChI is InChI=1S/C28H45NO4/c1-3-4-5-6-7-8-9-10-11-12-13-14-17-23-33-28(31)25-20-18-22-29(25)27(30)24-19-15-16-21-26(24)32-2/h15-16,19,21,25H,3-14,17-18,20,22-23H2,1-2H3. The average molecular weight is 460 g/mol. The van der Waals surface area contributed by atoms with E-state index in [-0.39, 0.29) is 11.9 Å². The van der Waals surface area contributed by atoms with Crippen molar-refractivity contribution in [1.29, 1.82) is 0 Å². The van der Waals surface area contributed by atoms with Gasteiger partial charge in [0.15, 0.2) is 0 Å². The molecule has 0 radical (unpaired) electrons. The van der Waals surface area contributed by atoms with Gasteiger partial charge in [-0.3, -0.25) is 4.79 Å². The lowest BCUT2D eigenvalue weighted by Crippen LogP contribution is -2.41. The zero-order valence-electron chi connectivity index (χ0n) is 21.0. The summed E-state index contributed by atoms with van der Waals surface area (Å²) in [6.07, 6.45) is 18.3. The predicted molar refractivity (Wildman–Crippen MR) is 134 cm³/mol. The van der Waals surface area contributed by atoms with Gasteiger partial charge in [-0.2, -0.15) is 0 Å². The minimum atomic E-state index is -0.482. The van der Waals surface area contributed by atoms with Gasteiger partial charge in [0, 0.05) is 6.54 Å². The van der Waals surface area contributed by atoms with Crippen molar-refractivity contribution in [2.45, 2.75) is 109 Å². The zero-order valence-corrected chi connectivity index (χ0v) is 21.0. The summed E-state index contributed by atoms with van der Waals surface area (Å²) in [5, 5.41) is 0. The molecule has 1 unspecified atom stereocenters. The molecule has 1 amide bonds. The molecular formula is C28H45NO4. The third-order valence-corrected chi connectivity index (χ3v) is 6.62. The molecule has 1 aliphatic heterocycles. The van der Waals surface area contributed by atoms with Crippen LogP contribution in [-0.4, -0.2) is 43.1 Å². The molecule has 1 aromatic carbocycles. The van der Waals surface area contributed by atoms with Crippen LogP contribution in [0.25, 0.3) is 0 Å². The van der Waals surface area contributed by atoms with E-state index in [9.17, 15) is 9.59 Å². The molecule has 5 heteroatoms. The molecule has 186 valence electrons. The Kier molecular flexibility index (Phi) is 13.6. The summed E-state index contributed by atoms with van der Waals surface area (Å²) in [4.78, 5) is 27.2. The predicted octanol–water partition coefficient (Wildman–Crippen LogP) is 6.93. The van der Waals surface area contributed by atoms with Gasteiger partial charge in [0.1, 0.15) is 11.8 Å². The number of likely N-dealkylation sites (tertiary alicyclic amines) is 1. The topological polar surface area (TPSA) is 55.8 Å². The van der Waals surface area contributed by atoms with E-state index in [0.717, 1.165) is 19.3 Å². The van der Waals surface area contributed by atoms with Crippen molar-refractivity contribution in [2.75, 3.05) is 20.3 Å². The van der Waals surface area contributed by atoms with Crippen molar-refractivity contribution >= 4 is 11.9 Å². The van der Waals surface area contributed by atoms with Crippen molar-refractivity contribution < 1.29 is 19.1 Å². The van der Waals surface area contributed by atoms with Crippen LogP contribution in [0.15, 0.2) is 24.3 Å². The van der Waals surface area contributed by atoms with Crippen molar-refractivity contribution in [3.8, 4) is 5.75 Å². The second-order valence-electron chi connectivity index (χ2n) is 9.27. The molecule has 1 aromatic rings. The van der Waals surface area contributed by atoms with Crippen molar-refractivity contribution in [3.63, 3.8) is 0 Å². The Morgan fingerprint density at radius 1 is 0.879 bits per heavy atom. The number of hydrogen-bond acceptors (Lipinski definition) is 4. The van der Waals surface area contributed by atoms with Gasteiger partial charge in [0.25, 0.3) is 5.91 Å². The third-order valence-electron chi connectivity index (χ3n) is 6.62. The molecule has 0 saturated carbocycles. The van der Waals surface area contributed by atoms with Crippen LogP contribution in [0.5, 0.6) is 5.75 Å². The number of hydrogen-bond donors (Lipinski definition) is 0. The zero-order chi connectivity index (χ0) is 23.7. The summed E-state index contributed by atoms with van der Waals surface area (Å²) >= 11 is 0.